The van der Waals surface area contributed by atoms with Crippen molar-refractivity contribution in [3.05, 3.63) is 81.8 Å². The van der Waals surface area contributed by atoms with Crippen LogP contribution >= 0.6 is 0 Å². The molecule has 4 aromatic rings. The maximum atomic E-state index is 14.7. The van der Waals surface area contributed by atoms with Crippen LogP contribution in [0.2, 0.25) is 0 Å². The second kappa shape index (κ2) is 6.94. The van der Waals surface area contributed by atoms with Gasteiger partial charge < -0.3 is 4.90 Å². The molecule has 0 spiro atoms. The number of rotatable bonds is 2. The summed E-state index contributed by atoms with van der Waals surface area (Å²) in [7, 11) is 1.79. The van der Waals surface area contributed by atoms with Gasteiger partial charge in [0.25, 0.3) is 5.56 Å². The summed E-state index contributed by atoms with van der Waals surface area (Å²) in [5.74, 6) is -0.689. The number of benzene rings is 2. The number of hydrogen-bond donors (Lipinski definition) is 1. The molecule has 2 atom stereocenters. The van der Waals surface area contributed by atoms with Crippen LogP contribution in [0.25, 0.3) is 10.8 Å². The van der Waals surface area contributed by atoms with E-state index >= 15 is 0 Å². The first-order valence-electron chi connectivity index (χ1n) is 10.3. The van der Waals surface area contributed by atoms with E-state index in [2.05, 4.69) is 25.2 Å². The Hall–Kier alpha value is -3.62. The summed E-state index contributed by atoms with van der Waals surface area (Å²) < 4.78 is 30.2. The molecule has 1 N–H and O–H groups in total. The van der Waals surface area contributed by atoms with Crippen molar-refractivity contribution in [2.24, 2.45) is 7.05 Å². The van der Waals surface area contributed by atoms with Gasteiger partial charge in [-0.25, -0.2) is 18.9 Å². The van der Waals surface area contributed by atoms with Gasteiger partial charge in [0.05, 0.1) is 28.7 Å². The summed E-state index contributed by atoms with van der Waals surface area (Å²) in [6.07, 6.45) is 1.46. The molecule has 3 heterocycles. The minimum Gasteiger partial charge on any atom is -0.358 e. The number of hydrogen-bond acceptors (Lipinski definition) is 5. The third-order valence-corrected chi connectivity index (χ3v) is 5.97. The third-order valence-electron chi connectivity index (χ3n) is 5.97. The highest BCUT2D eigenvalue weighted by Gasteiger charge is 2.45. The van der Waals surface area contributed by atoms with E-state index in [1.54, 1.807) is 23.9 Å². The van der Waals surface area contributed by atoms with Crippen molar-refractivity contribution in [1.82, 2.24) is 25.0 Å². The molecule has 0 amide bonds. The second-order valence-corrected chi connectivity index (χ2v) is 9.04. The minimum atomic E-state index is -0.514. The van der Waals surface area contributed by atoms with E-state index in [1.807, 2.05) is 20.8 Å². The van der Waals surface area contributed by atoms with Gasteiger partial charge in [0.2, 0.25) is 0 Å². The third kappa shape index (κ3) is 2.99. The predicted molar refractivity (Wildman–Crippen MR) is 117 cm³/mol. The molecule has 32 heavy (non-hydrogen) atoms. The normalized spacial score (nSPS) is 18.4. The molecule has 0 radical (unpaired) electrons. The van der Waals surface area contributed by atoms with Crippen LogP contribution in [-0.2, 0) is 7.05 Å². The SMILES string of the molecule is Cn1ncnc1[C@H]1c2n[nH]c(=O)c3cc(F)cc(c23)N(C(C)(C)C)C1c1ccc(F)cc1. The average molecular weight is 436 g/mol. The van der Waals surface area contributed by atoms with E-state index in [-0.39, 0.29) is 11.2 Å². The topological polar surface area (TPSA) is 79.7 Å². The van der Waals surface area contributed by atoms with Crippen LogP contribution in [0.1, 0.15) is 49.8 Å². The zero-order chi connectivity index (χ0) is 22.8. The summed E-state index contributed by atoms with van der Waals surface area (Å²) >= 11 is 0. The van der Waals surface area contributed by atoms with Crippen molar-refractivity contribution in [1.29, 1.82) is 0 Å². The number of aromatic nitrogens is 5. The monoisotopic (exact) mass is 436 g/mol. The number of halogens is 2. The lowest BCUT2D eigenvalue weighted by atomic mass is 9.79. The van der Waals surface area contributed by atoms with E-state index < -0.39 is 28.9 Å². The molecule has 1 aliphatic rings. The zero-order valence-corrected chi connectivity index (χ0v) is 18.1. The molecule has 0 saturated carbocycles. The fraction of sp³-hybridized carbons (Fsp3) is 0.304. The largest absolute Gasteiger partial charge is 0.358 e. The second-order valence-electron chi connectivity index (χ2n) is 9.04. The van der Waals surface area contributed by atoms with Crippen molar-refractivity contribution in [2.45, 2.75) is 38.3 Å². The quantitative estimate of drug-likeness (QED) is 0.517. The van der Waals surface area contributed by atoms with Crippen LogP contribution in [0, 0.1) is 11.6 Å². The van der Waals surface area contributed by atoms with Gasteiger partial charge in [0.1, 0.15) is 23.8 Å². The van der Waals surface area contributed by atoms with Crippen LogP contribution in [-0.4, -0.2) is 30.5 Å². The molecular weight excluding hydrogens is 414 g/mol. The Kier molecular flexibility index (Phi) is 4.40. The lowest BCUT2D eigenvalue weighted by molar-refractivity contribution is 0.397. The molecule has 1 unspecified atom stereocenters. The van der Waals surface area contributed by atoms with Gasteiger partial charge >= 0.3 is 0 Å². The highest BCUT2D eigenvalue weighted by atomic mass is 19.1. The lowest BCUT2D eigenvalue weighted by Crippen LogP contribution is -2.49. The molecule has 2 aromatic carbocycles. The van der Waals surface area contributed by atoms with Crippen molar-refractivity contribution < 1.29 is 8.78 Å². The van der Waals surface area contributed by atoms with E-state index in [9.17, 15) is 13.6 Å². The Bertz CT molecular complexity index is 1390. The van der Waals surface area contributed by atoms with Crippen molar-refractivity contribution in [3.63, 3.8) is 0 Å². The lowest BCUT2D eigenvalue weighted by Gasteiger charge is -2.49. The Morgan fingerprint density at radius 1 is 1.06 bits per heavy atom. The molecular formula is C23H22F2N6O. The number of nitrogens with one attached hydrogen (secondary N) is 1. The average Bonchev–Trinajstić information content (AvgIpc) is 3.14. The van der Waals surface area contributed by atoms with Crippen LogP contribution in [0.3, 0.4) is 0 Å². The van der Waals surface area contributed by atoms with Gasteiger partial charge in [-0.3, -0.25) is 9.48 Å². The zero-order valence-electron chi connectivity index (χ0n) is 18.1. The van der Waals surface area contributed by atoms with Crippen molar-refractivity contribution >= 4 is 16.5 Å². The van der Waals surface area contributed by atoms with Gasteiger partial charge in [0, 0.05) is 18.0 Å². The van der Waals surface area contributed by atoms with Crippen molar-refractivity contribution in [2.75, 3.05) is 4.90 Å². The molecule has 0 bridgehead atoms. The maximum absolute atomic E-state index is 14.7. The molecule has 2 aromatic heterocycles. The fourth-order valence-electron chi connectivity index (χ4n) is 4.76. The summed E-state index contributed by atoms with van der Waals surface area (Å²) in [6.45, 7) is 6.04. The number of anilines is 1. The summed E-state index contributed by atoms with van der Waals surface area (Å²) in [5.41, 5.74) is 0.992. The van der Waals surface area contributed by atoms with Crippen LogP contribution < -0.4 is 10.5 Å². The van der Waals surface area contributed by atoms with Crippen molar-refractivity contribution in [3.8, 4) is 0 Å². The number of aryl methyl sites for hydroxylation is 1. The Balaban J connectivity index is 1.94. The number of aromatic amines is 1. The highest BCUT2D eigenvalue weighted by Crippen LogP contribution is 2.52. The molecule has 0 aliphatic carbocycles. The highest BCUT2D eigenvalue weighted by molar-refractivity contribution is 5.98. The van der Waals surface area contributed by atoms with E-state index in [4.69, 9.17) is 0 Å². The van der Waals surface area contributed by atoms with Gasteiger partial charge in [-0.05, 0) is 50.6 Å². The van der Waals surface area contributed by atoms with Crippen LogP contribution in [0.5, 0.6) is 0 Å². The van der Waals surface area contributed by atoms with Gasteiger partial charge in [-0.1, -0.05) is 12.1 Å². The smallest absolute Gasteiger partial charge is 0.272 e. The maximum Gasteiger partial charge on any atom is 0.272 e. The fourth-order valence-corrected chi connectivity index (χ4v) is 4.76. The molecule has 0 fully saturated rings. The summed E-state index contributed by atoms with van der Waals surface area (Å²) in [6, 6.07) is 8.50. The first kappa shape index (κ1) is 20.3. The van der Waals surface area contributed by atoms with Gasteiger partial charge in [-0.15, -0.1) is 0 Å². The minimum absolute atomic E-state index is 0.226. The Morgan fingerprint density at radius 3 is 2.41 bits per heavy atom. The molecule has 164 valence electrons. The molecule has 0 saturated heterocycles. The van der Waals surface area contributed by atoms with E-state index in [0.717, 1.165) is 5.56 Å². The van der Waals surface area contributed by atoms with E-state index in [0.29, 0.717) is 22.6 Å². The molecule has 5 rings (SSSR count). The van der Waals surface area contributed by atoms with Crippen LogP contribution in [0.4, 0.5) is 14.5 Å². The predicted octanol–water partition coefficient (Wildman–Crippen LogP) is 3.82. The van der Waals surface area contributed by atoms with E-state index in [1.165, 1.54) is 30.6 Å². The Labute approximate surface area is 182 Å². The number of H-pyrrole nitrogens is 1. The first-order chi connectivity index (χ1) is 15.2. The molecule has 1 aliphatic heterocycles. The van der Waals surface area contributed by atoms with Gasteiger partial charge in [0.15, 0.2) is 0 Å². The molecule has 7 nitrogen and oxygen atoms in total. The molecule has 9 heteroatoms. The van der Waals surface area contributed by atoms with Crippen LogP contribution in [0.15, 0.2) is 47.5 Å². The standard InChI is InChI=1S/C23H22F2N6O/c1-23(2,3)31-16-10-14(25)9-15-17(16)19(28-29-22(15)32)18(21-26-11-27-30(21)4)20(31)12-5-7-13(24)8-6-12/h5-11,18,20H,1-4H3,(H,29,32)/t18-,20?/m0/s1. The summed E-state index contributed by atoms with van der Waals surface area (Å²) in [4.78, 5) is 19.2. The van der Waals surface area contributed by atoms with Gasteiger partial charge in [-0.2, -0.15) is 10.2 Å². The number of nitrogens with zero attached hydrogens (tertiary/aromatic N) is 5. The first-order valence-corrected chi connectivity index (χ1v) is 10.3. The Morgan fingerprint density at radius 2 is 1.78 bits per heavy atom. The summed E-state index contributed by atoms with van der Waals surface area (Å²) in [5, 5.41) is 12.0.